The monoisotopic (exact) mass is 426 g/mol. The van der Waals surface area contributed by atoms with E-state index in [9.17, 15) is 14.4 Å². The predicted molar refractivity (Wildman–Crippen MR) is 114 cm³/mol. The maximum atomic E-state index is 14.0. The Labute approximate surface area is 183 Å². The van der Waals surface area contributed by atoms with E-state index in [1.165, 1.54) is 6.08 Å². The van der Waals surface area contributed by atoms with Gasteiger partial charge in [-0.1, -0.05) is 36.9 Å². The van der Waals surface area contributed by atoms with E-state index in [1.54, 1.807) is 11.8 Å². The number of likely N-dealkylation sites (tertiary alicyclic amines) is 2. The largest absolute Gasteiger partial charge is 0.466 e. The molecule has 3 heterocycles. The molecule has 1 aromatic rings. The van der Waals surface area contributed by atoms with Gasteiger partial charge in [-0.3, -0.25) is 14.4 Å². The van der Waals surface area contributed by atoms with E-state index in [0.29, 0.717) is 58.8 Å². The molecular formula is C24H30N2O5. The molecule has 7 nitrogen and oxygen atoms in total. The van der Waals surface area contributed by atoms with E-state index < -0.39 is 5.41 Å². The van der Waals surface area contributed by atoms with Gasteiger partial charge >= 0.3 is 5.97 Å². The molecular weight excluding hydrogens is 396 g/mol. The summed E-state index contributed by atoms with van der Waals surface area (Å²) in [5.74, 6) is -0.688. The number of carbonyl (C=O) groups excluding carboxylic acids is 3. The SMILES string of the molecule is C=CC(=O)N1CCC(C(=O)N2CC(C(=O)OCC)C3(COC3)C2)(c2ccccc2)CC1. The molecule has 3 aliphatic rings. The van der Waals surface area contributed by atoms with Crippen LogP contribution < -0.4 is 0 Å². The molecule has 166 valence electrons. The lowest BCUT2D eigenvalue weighted by molar-refractivity contribution is -0.170. The summed E-state index contributed by atoms with van der Waals surface area (Å²) in [4.78, 5) is 42.3. The first kappa shape index (κ1) is 21.6. The van der Waals surface area contributed by atoms with Crippen molar-refractivity contribution in [3.05, 3.63) is 48.6 Å². The van der Waals surface area contributed by atoms with Crippen LogP contribution in [0.5, 0.6) is 0 Å². The van der Waals surface area contributed by atoms with Crippen molar-refractivity contribution < 1.29 is 23.9 Å². The Morgan fingerprint density at radius 3 is 2.39 bits per heavy atom. The van der Waals surface area contributed by atoms with Gasteiger partial charge in [0.2, 0.25) is 11.8 Å². The van der Waals surface area contributed by atoms with Crippen LogP contribution in [0.15, 0.2) is 43.0 Å². The van der Waals surface area contributed by atoms with Crippen LogP contribution in [0.1, 0.15) is 25.3 Å². The zero-order valence-corrected chi connectivity index (χ0v) is 18.0. The minimum Gasteiger partial charge on any atom is -0.466 e. The first-order valence-corrected chi connectivity index (χ1v) is 11.0. The minimum absolute atomic E-state index is 0.0301. The number of benzene rings is 1. The number of amides is 2. The number of nitrogens with zero attached hydrogens (tertiary/aromatic N) is 2. The Hall–Kier alpha value is -2.67. The van der Waals surface area contributed by atoms with E-state index in [2.05, 4.69) is 6.58 Å². The highest BCUT2D eigenvalue weighted by atomic mass is 16.5. The topological polar surface area (TPSA) is 76.2 Å². The Balaban J connectivity index is 1.61. The van der Waals surface area contributed by atoms with Crippen molar-refractivity contribution in [2.75, 3.05) is 46.0 Å². The van der Waals surface area contributed by atoms with Gasteiger partial charge in [-0.05, 0) is 31.4 Å². The normalized spacial score (nSPS) is 23.8. The number of hydrogen-bond donors (Lipinski definition) is 0. The van der Waals surface area contributed by atoms with Crippen LogP contribution in [0.25, 0.3) is 0 Å². The van der Waals surface area contributed by atoms with Crippen molar-refractivity contribution in [2.24, 2.45) is 11.3 Å². The number of esters is 1. The molecule has 1 unspecified atom stereocenters. The third-order valence-corrected chi connectivity index (χ3v) is 7.12. The Bertz CT molecular complexity index is 856. The zero-order chi connectivity index (χ0) is 22.1. The van der Waals surface area contributed by atoms with Crippen LogP contribution in [-0.2, 0) is 29.3 Å². The fourth-order valence-corrected chi connectivity index (χ4v) is 5.27. The van der Waals surface area contributed by atoms with Gasteiger partial charge in [0.15, 0.2) is 0 Å². The molecule has 3 saturated heterocycles. The highest BCUT2D eigenvalue weighted by Crippen LogP contribution is 2.46. The third kappa shape index (κ3) is 3.65. The van der Waals surface area contributed by atoms with Crippen LogP contribution >= 0.6 is 0 Å². The van der Waals surface area contributed by atoms with Gasteiger partial charge in [0.05, 0.1) is 31.2 Å². The molecule has 3 aliphatic heterocycles. The molecule has 7 heteroatoms. The fourth-order valence-electron chi connectivity index (χ4n) is 5.27. The molecule has 4 rings (SSSR count). The van der Waals surface area contributed by atoms with Crippen molar-refractivity contribution in [1.82, 2.24) is 9.80 Å². The number of rotatable bonds is 5. The molecule has 0 N–H and O–H groups in total. The van der Waals surface area contributed by atoms with E-state index in [-0.39, 0.29) is 29.1 Å². The van der Waals surface area contributed by atoms with Crippen molar-refractivity contribution in [3.8, 4) is 0 Å². The molecule has 0 radical (unpaired) electrons. The summed E-state index contributed by atoms with van der Waals surface area (Å²) in [6, 6.07) is 9.80. The average molecular weight is 427 g/mol. The molecule has 0 aliphatic carbocycles. The Morgan fingerprint density at radius 1 is 1.16 bits per heavy atom. The minimum atomic E-state index is -0.714. The second-order valence-electron chi connectivity index (χ2n) is 8.82. The molecule has 31 heavy (non-hydrogen) atoms. The van der Waals surface area contributed by atoms with E-state index >= 15 is 0 Å². The van der Waals surface area contributed by atoms with Crippen LogP contribution in [0.3, 0.4) is 0 Å². The summed E-state index contributed by atoms with van der Waals surface area (Å²) in [6.07, 6.45) is 2.40. The Kier molecular flexibility index (Phi) is 5.88. The highest BCUT2D eigenvalue weighted by Gasteiger charge is 2.58. The molecule has 0 saturated carbocycles. The van der Waals surface area contributed by atoms with Gasteiger partial charge in [-0.2, -0.15) is 0 Å². The van der Waals surface area contributed by atoms with Crippen molar-refractivity contribution in [3.63, 3.8) is 0 Å². The molecule has 1 atom stereocenters. The summed E-state index contributed by atoms with van der Waals surface area (Å²) in [5, 5.41) is 0. The first-order valence-electron chi connectivity index (χ1n) is 11.0. The number of carbonyl (C=O) groups is 3. The van der Waals surface area contributed by atoms with Crippen molar-refractivity contribution >= 4 is 17.8 Å². The van der Waals surface area contributed by atoms with Gasteiger partial charge in [-0.25, -0.2) is 0 Å². The molecule has 0 bridgehead atoms. The summed E-state index contributed by atoms with van der Waals surface area (Å²) >= 11 is 0. The van der Waals surface area contributed by atoms with Gasteiger partial charge in [-0.15, -0.1) is 0 Å². The van der Waals surface area contributed by atoms with Gasteiger partial charge < -0.3 is 19.3 Å². The lowest BCUT2D eigenvalue weighted by atomic mass is 9.71. The fraction of sp³-hybridized carbons (Fsp3) is 0.542. The van der Waals surface area contributed by atoms with Crippen LogP contribution in [0.4, 0.5) is 0 Å². The number of ether oxygens (including phenoxy) is 2. The first-order chi connectivity index (χ1) is 15.0. The second kappa shape index (κ2) is 8.46. The third-order valence-electron chi connectivity index (χ3n) is 7.12. The quantitative estimate of drug-likeness (QED) is 0.530. The Morgan fingerprint density at radius 2 is 1.84 bits per heavy atom. The lowest BCUT2D eigenvalue weighted by Gasteiger charge is -2.44. The van der Waals surface area contributed by atoms with Crippen LogP contribution in [-0.4, -0.2) is 73.6 Å². The number of piperidine rings is 1. The average Bonchev–Trinajstić information content (AvgIpc) is 3.21. The summed E-state index contributed by atoms with van der Waals surface area (Å²) < 4.78 is 10.8. The van der Waals surface area contributed by atoms with Crippen molar-refractivity contribution in [1.29, 1.82) is 0 Å². The van der Waals surface area contributed by atoms with Gasteiger partial charge in [0.1, 0.15) is 0 Å². The predicted octanol–water partition coefficient (Wildman–Crippen LogP) is 1.77. The number of hydrogen-bond acceptors (Lipinski definition) is 5. The summed E-state index contributed by atoms with van der Waals surface area (Å²) in [5.41, 5.74) is -0.0994. The lowest BCUT2D eigenvalue weighted by Crippen LogP contribution is -2.54. The second-order valence-corrected chi connectivity index (χ2v) is 8.82. The standard InChI is InChI=1S/C24H30N2O5/c1-3-20(27)25-12-10-24(11-13-25,18-8-6-5-7-9-18)22(29)26-14-19(21(28)31-4-2)23(15-26)16-30-17-23/h3,5-9,19H,1,4,10-17H2,2H3. The molecule has 0 aromatic heterocycles. The van der Waals surface area contributed by atoms with E-state index in [4.69, 9.17) is 9.47 Å². The summed E-state index contributed by atoms with van der Waals surface area (Å²) in [6.45, 7) is 8.48. The summed E-state index contributed by atoms with van der Waals surface area (Å²) in [7, 11) is 0. The molecule has 1 spiro atoms. The van der Waals surface area contributed by atoms with E-state index in [1.807, 2.05) is 35.2 Å². The van der Waals surface area contributed by atoms with Crippen LogP contribution in [0.2, 0.25) is 0 Å². The van der Waals surface area contributed by atoms with Gasteiger partial charge in [0, 0.05) is 31.6 Å². The van der Waals surface area contributed by atoms with Gasteiger partial charge in [0.25, 0.3) is 0 Å². The highest BCUT2D eigenvalue weighted by molar-refractivity contribution is 5.91. The molecule has 2 amide bonds. The molecule has 3 fully saturated rings. The smallest absolute Gasteiger partial charge is 0.311 e. The maximum absolute atomic E-state index is 14.0. The van der Waals surface area contributed by atoms with E-state index in [0.717, 1.165) is 5.56 Å². The van der Waals surface area contributed by atoms with Crippen LogP contribution in [0, 0.1) is 11.3 Å². The maximum Gasteiger partial charge on any atom is 0.311 e. The van der Waals surface area contributed by atoms with Crippen molar-refractivity contribution in [2.45, 2.75) is 25.2 Å². The zero-order valence-electron chi connectivity index (χ0n) is 18.0. The molecule has 1 aromatic carbocycles.